The fourth-order valence-electron chi connectivity index (χ4n) is 3.80. The minimum absolute atomic E-state index is 0.480. The average Bonchev–Trinajstić information content (AvgIpc) is 3.02. The number of nitrogens with zero attached hydrogens (tertiary/aromatic N) is 2. The van der Waals surface area contributed by atoms with Crippen molar-refractivity contribution < 1.29 is 4.74 Å². The minimum atomic E-state index is 0.480. The van der Waals surface area contributed by atoms with Gasteiger partial charge in [-0.2, -0.15) is 0 Å². The number of hydrogen-bond acceptors (Lipinski definition) is 3. The van der Waals surface area contributed by atoms with Gasteiger partial charge in [0.25, 0.3) is 0 Å². The SMILES string of the molecule is CC(C)C1CN(CC2CCCO2)CCN1Cc1ccccc1. The van der Waals surface area contributed by atoms with E-state index in [0.29, 0.717) is 18.1 Å². The van der Waals surface area contributed by atoms with Crippen LogP contribution in [-0.2, 0) is 11.3 Å². The van der Waals surface area contributed by atoms with Gasteiger partial charge in [0.15, 0.2) is 0 Å². The quantitative estimate of drug-likeness (QED) is 0.831. The highest BCUT2D eigenvalue weighted by molar-refractivity contribution is 5.14. The molecule has 2 saturated heterocycles. The molecule has 2 aliphatic heterocycles. The molecule has 3 nitrogen and oxygen atoms in total. The predicted octanol–water partition coefficient (Wildman–Crippen LogP) is 3.01. The topological polar surface area (TPSA) is 15.7 Å². The van der Waals surface area contributed by atoms with E-state index in [1.807, 2.05) is 0 Å². The molecule has 22 heavy (non-hydrogen) atoms. The van der Waals surface area contributed by atoms with Crippen molar-refractivity contribution in [2.45, 2.75) is 45.4 Å². The molecule has 0 saturated carbocycles. The molecule has 122 valence electrons. The van der Waals surface area contributed by atoms with Gasteiger partial charge in [0.1, 0.15) is 0 Å². The molecule has 2 aliphatic rings. The molecule has 2 heterocycles. The fourth-order valence-corrected chi connectivity index (χ4v) is 3.80. The van der Waals surface area contributed by atoms with Gasteiger partial charge in [-0.3, -0.25) is 9.80 Å². The second-order valence-electron chi connectivity index (χ2n) is 7.16. The Balaban J connectivity index is 1.58. The van der Waals surface area contributed by atoms with Crippen LogP contribution in [-0.4, -0.2) is 54.7 Å². The number of benzene rings is 1. The number of hydrogen-bond donors (Lipinski definition) is 0. The second-order valence-corrected chi connectivity index (χ2v) is 7.16. The van der Waals surface area contributed by atoms with Crippen LogP contribution in [0.1, 0.15) is 32.3 Å². The standard InChI is InChI=1S/C19H30N2O/c1-16(2)19-15-20(14-18-9-6-12-22-18)10-11-21(19)13-17-7-4-3-5-8-17/h3-5,7-8,16,18-19H,6,9-15H2,1-2H3. The summed E-state index contributed by atoms with van der Waals surface area (Å²) in [4.78, 5) is 5.30. The van der Waals surface area contributed by atoms with Crippen molar-refractivity contribution in [3.63, 3.8) is 0 Å². The van der Waals surface area contributed by atoms with Gasteiger partial charge in [0, 0.05) is 45.4 Å². The van der Waals surface area contributed by atoms with Gasteiger partial charge < -0.3 is 4.74 Å². The Morgan fingerprint density at radius 3 is 2.68 bits per heavy atom. The van der Waals surface area contributed by atoms with Gasteiger partial charge in [-0.05, 0) is 24.3 Å². The first-order valence-corrected chi connectivity index (χ1v) is 8.84. The zero-order chi connectivity index (χ0) is 15.4. The second kappa shape index (κ2) is 7.58. The van der Waals surface area contributed by atoms with Gasteiger partial charge in [-0.1, -0.05) is 44.2 Å². The highest BCUT2D eigenvalue weighted by atomic mass is 16.5. The molecule has 0 aliphatic carbocycles. The summed E-state index contributed by atoms with van der Waals surface area (Å²) in [6, 6.07) is 11.5. The van der Waals surface area contributed by atoms with Crippen molar-refractivity contribution in [3.8, 4) is 0 Å². The van der Waals surface area contributed by atoms with E-state index >= 15 is 0 Å². The molecule has 0 bridgehead atoms. The van der Waals surface area contributed by atoms with Crippen LogP contribution in [0.4, 0.5) is 0 Å². The Morgan fingerprint density at radius 1 is 1.18 bits per heavy atom. The highest BCUT2D eigenvalue weighted by Gasteiger charge is 2.30. The Morgan fingerprint density at radius 2 is 2.00 bits per heavy atom. The molecule has 0 spiro atoms. The summed E-state index contributed by atoms with van der Waals surface area (Å²) in [6.45, 7) is 11.4. The largest absolute Gasteiger partial charge is 0.377 e. The van der Waals surface area contributed by atoms with Crippen LogP contribution < -0.4 is 0 Å². The maximum Gasteiger partial charge on any atom is 0.0702 e. The smallest absolute Gasteiger partial charge is 0.0702 e. The minimum Gasteiger partial charge on any atom is -0.377 e. The summed E-state index contributed by atoms with van der Waals surface area (Å²) < 4.78 is 5.82. The van der Waals surface area contributed by atoms with E-state index in [9.17, 15) is 0 Å². The maximum atomic E-state index is 5.82. The van der Waals surface area contributed by atoms with Crippen molar-refractivity contribution in [1.82, 2.24) is 9.80 Å². The molecule has 2 atom stereocenters. The molecule has 0 aromatic heterocycles. The van der Waals surface area contributed by atoms with E-state index in [0.717, 1.165) is 19.7 Å². The molecule has 1 aromatic carbocycles. The molecule has 2 fully saturated rings. The monoisotopic (exact) mass is 302 g/mol. The van der Waals surface area contributed by atoms with Crippen LogP contribution in [0.3, 0.4) is 0 Å². The lowest BCUT2D eigenvalue weighted by atomic mass is 9.98. The molecular formula is C19H30N2O. The first kappa shape index (κ1) is 16.0. The van der Waals surface area contributed by atoms with E-state index in [-0.39, 0.29) is 0 Å². The third kappa shape index (κ3) is 4.09. The molecule has 0 N–H and O–H groups in total. The highest BCUT2D eigenvalue weighted by Crippen LogP contribution is 2.22. The van der Waals surface area contributed by atoms with Crippen molar-refractivity contribution in [2.24, 2.45) is 5.92 Å². The molecule has 1 aromatic rings. The summed E-state index contributed by atoms with van der Waals surface area (Å²) in [5.74, 6) is 0.691. The van der Waals surface area contributed by atoms with Crippen molar-refractivity contribution >= 4 is 0 Å². The van der Waals surface area contributed by atoms with Crippen molar-refractivity contribution in [1.29, 1.82) is 0 Å². The van der Waals surface area contributed by atoms with Crippen LogP contribution in [0.15, 0.2) is 30.3 Å². The number of piperazine rings is 1. The first-order valence-electron chi connectivity index (χ1n) is 8.84. The Labute approximate surface area is 135 Å². The van der Waals surface area contributed by atoms with Crippen LogP contribution in [0.25, 0.3) is 0 Å². The van der Waals surface area contributed by atoms with Crippen molar-refractivity contribution in [3.05, 3.63) is 35.9 Å². The van der Waals surface area contributed by atoms with E-state index in [4.69, 9.17) is 4.74 Å². The van der Waals surface area contributed by atoms with Gasteiger partial charge in [0.05, 0.1) is 6.10 Å². The van der Waals surface area contributed by atoms with Crippen LogP contribution >= 0.6 is 0 Å². The summed E-state index contributed by atoms with van der Waals surface area (Å²) in [7, 11) is 0. The van der Waals surface area contributed by atoms with Gasteiger partial charge in [-0.15, -0.1) is 0 Å². The summed E-state index contributed by atoms with van der Waals surface area (Å²) >= 11 is 0. The molecule has 0 radical (unpaired) electrons. The van der Waals surface area contributed by atoms with Crippen LogP contribution in [0.5, 0.6) is 0 Å². The van der Waals surface area contributed by atoms with E-state index in [1.54, 1.807) is 0 Å². The third-order valence-corrected chi connectivity index (χ3v) is 5.10. The molecule has 3 rings (SSSR count). The predicted molar refractivity (Wildman–Crippen MR) is 90.9 cm³/mol. The van der Waals surface area contributed by atoms with E-state index < -0.39 is 0 Å². The van der Waals surface area contributed by atoms with Gasteiger partial charge >= 0.3 is 0 Å². The van der Waals surface area contributed by atoms with Crippen molar-refractivity contribution in [2.75, 3.05) is 32.8 Å². The van der Waals surface area contributed by atoms with E-state index in [2.05, 4.69) is 54.0 Å². The summed E-state index contributed by atoms with van der Waals surface area (Å²) in [5.41, 5.74) is 1.43. The number of rotatable bonds is 5. The van der Waals surface area contributed by atoms with Crippen LogP contribution in [0, 0.1) is 5.92 Å². The third-order valence-electron chi connectivity index (χ3n) is 5.10. The summed E-state index contributed by atoms with van der Waals surface area (Å²) in [5, 5.41) is 0. The van der Waals surface area contributed by atoms with Gasteiger partial charge in [0.2, 0.25) is 0 Å². The maximum absolute atomic E-state index is 5.82. The first-order chi connectivity index (χ1) is 10.7. The fraction of sp³-hybridized carbons (Fsp3) is 0.684. The lowest BCUT2D eigenvalue weighted by molar-refractivity contribution is 0.0112. The zero-order valence-corrected chi connectivity index (χ0v) is 14.1. The Kier molecular flexibility index (Phi) is 5.51. The lowest BCUT2D eigenvalue weighted by Gasteiger charge is -2.44. The number of ether oxygens (including phenoxy) is 1. The zero-order valence-electron chi connectivity index (χ0n) is 14.1. The molecule has 2 unspecified atom stereocenters. The molecular weight excluding hydrogens is 272 g/mol. The Hall–Kier alpha value is -0.900. The lowest BCUT2D eigenvalue weighted by Crippen LogP contribution is -2.55. The normalized spacial score (nSPS) is 27.6. The van der Waals surface area contributed by atoms with Crippen LogP contribution in [0.2, 0.25) is 0 Å². The van der Waals surface area contributed by atoms with E-state index in [1.165, 1.54) is 38.0 Å². The average molecular weight is 302 g/mol. The Bertz CT molecular complexity index is 442. The molecule has 0 amide bonds. The van der Waals surface area contributed by atoms with Gasteiger partial charge in [-0.25, -0.2) is 0 Å². The molecule has 3 heteroatoms. The summed E-state index contributed by atoms with van der Waals surface area (Å²) in [6.07, 6.45) is 2.97.